The first-order valence-corrected chi connectivity index (χ1v) is 7.54. The van der Waals surface area contributed by atoms with Gasteiger partial charge in [0.05, 0.1) is 0 Å². The minimum atomic E-state index is -0.199. The van der Waals surface area contributed by atoms with Gasteiger partial charge in [-0.25, -0.2) is 0 Å². The SMILES string of the molecule is Cc1cc(C)cc(C(=O)NC(=S)Nc2cccc(C)c2C)c1. The summed E-state index contributed by atoms with van der Waals surface area (Å²) in [6.07, 6.45) is 0. The topological polar surface area (TPSA) is 41.1 Å². The summed E-state index contributed by atoms with van der Waals surface area (Å²) in [5.74, 6) is -0.199. The Morgan fingerprint density at radius 3 is 2.27 bits per heavy atom. The molecule has 0 aromatic heterocycles. The van der Waals surface area contributed by atoms with Gasteiger partial charge >= 0.3 is 0 Å². The molecule has 0 aliphatic heterocycles. The minimum absolute atomic E-state index is 0.199. The number of rotatable bonds is 2. The quantitative estimate of drug-likeness (QED) is 0.822. The molecule has 2 aromatic rings. The molecule has 1 amide bonds. The highest BCUT2D eigenvalue weighted by Gasteiger charge is 2.10. The predicted octanol–water partition coefficient (Wildman–Crippen LogP) is 4.05. The van der Waals surface area contributed by atoms with Crippen LogP contribution < -0.4 is 10.6 Å². The summed E-state index contributed by atoms with van der Waals surface area (Å²) in [6.45, 7) is 8.00. The van der Waals surface area contributed by atoms with E-state index in [0.29, 0.717) is 10.7 Å². The highest BCUT2D eigenvalue weighted by Crippen LogP contribution is 2.17. The van der Waals surface area contributed by atoms with Gasteiger partial charge in [-0.05, 0) is 69.2 Å². The Morgan fingerprint density at radius 2 is 1.64 bits per heavy atom. The van der Waals surface area contributed by atoms with Crippen molar-refractivity contribution in [3.8, 4) is 0 Å². The van der Waals surface area contributed by atoms with Crippen molar-refractivity contribution in [3.63, 3.8) is 0 Å². The van der Waals surface area contributed by atoms with Crippen LogP contribution in [-0.4, -0.2) is 11.0 Å². The Labute approximate surface area is 136 Å². The lowest BCUT2D eigenvalue weighted by Crippen LogP contribution is -2.34. The van der Waals surface area contributed by atoms with Gasteiger partial charge in [0, 0.05) is 11.3 Å². The fourth-order valence-corrected chi connectivity index (χ4v) is 2.52. The van der Waals surface area contributed by atoms with E-state index in [9.17, 15) is 4.79 Å². The first-order chi connectivity index (χ1) is 10.4. The molecule has 2 aromatic carbocycles. The molecule has 0 fully saturated rings. The third-order valence-corrected chi connectivity index (χ3v) is 3.77. The normalized spacial score (nSPS) is 10.2. The molecule has 0 radical (unpaired) electrons. The number of thiocarbonyl (C=S) groups is 1. The first-order valence-electron chi connectivity index (χ1n) is 7.13. The Bertz CT molecular complexity index is 718. The molecule has 0 aliphatic rings. The molecular formula is C18H20N2OS. The van der Waals surface area contributed by atoms with Crippen LogP contribution in [0.15, 0.2) is 36.4 Å². The highest BCUT2D eigenvalue weighted by molar-refractivity contribution is 7.80. The van der Waals surface area contributed by atoms with Crippen LogP contribution in [0.1, 0.15) is 32.6 Å². The van der Waals surface area contributed by atoms with Crippen molar-refractivity contribution >= 4 is 28.9 Å². The Balaban J connectivity index is 2.08. The van der Waals surface area contributed by atoms with Gasteiger partial charge in [0.25, 0.3) is 5.91 Å². The van der Waals surface area contributed by atoms with Crippen molar-refractivity contribution in [2.45, 2.75) is 27.7 Å². The number of hydrogen-bond donors (Lipinski definition) is 2. The molecule has 0 spiro atoms. The molecule has 0 atom stereocenters. The number of carbonyl (C=O) groups is 1. The second-order valence-corrected chi connectivity index (χ2v) is 5.94. The summed E-state index contributed by atoms with van der Waals surface area (Å²) in [5.41, 5.74) is 5.92. The zero-order chi connectivity index (χ0) is 16.3. The lowest BCUT2D eigenvalue weighted by atomic mass is 10.1. The van der Waals surface area contributed by atoms with Crippen LogP contribution in [0.5, 0.6) is 0 Å². The van der Waals surface area contributed by atoms with Crippen molar-refractivity contribution in [1.29, 1.82) is 0 Å². The summed E-state index contributed by atoms with van der Waals surface area (Å²) in [7, 11) is 0. The van der Waals surface area contributed by atoms with Gasteiger partial charge in [-0.3, -0.25) is 10.1 Å². The first kappa shape index (κ1) is 16.2. The predicted molar refractivity (Wildman–Crippen MR) is 95.5 cm³/mol. The van der Waals surface area contributed by atoms with Crippen molar-refractivity contribution in [3.05, 3.63) is 64.2 Å². The van der Waals surface area contributed by atoms with E-state index in [4.69, 9.17) is 12.2 Å². The molecule has 4 heteroatoms. The van der Waals surface area contributed by atoms with Gasteiger partial charge in [0.15, 0.2) is 5.11 Å². The second kappa shape index (κ2) is 6.71. The Hall–Kier alpha value is -2.20. The van der Waals surface area contributed by atoms with Gasteiger partial charge in [0.1, 0.15) is 0 Å². The maximum Gasteiger partial charge on any atom is 0.257 e. The summed E-state index contributed by atoms with van der Waals surface area (Å²) in [6, 6.07) is 11.7. The van der Waals surface area contributed by atoms with Crippen LogP contribution in [0.4, 0.5) is 5.69 Å². The van der Waals surface area contributed by atoms with E-state index >= 15 is 0 Å². The van der Waals surface area contributed by atoms with Gasteiger partial charge < -0.3 is 5.32 Å². The molecule has 0 saturated carbocycles. The van der Waals surface area contributed by atoms with E-state index in [-0.39, 0.29) is 5.91 Å². The number of benzene rings is 2. The van der Waals surface area contributed by atoms with Crippen LogP contribution in [0.3, 0.4) is 0 Å². The van der Waals surface area contributed by atoms with Gasteiger partial charge in [0.2, 0.25) is 0 Å². The molecule has 2 N–H and O–H groups in total. The molecule has 2 rings (SSSR count). The highest BCUT2D eigenvalue weighted by atomic mass is 32.1. The summed E-state index contributed by atoms with van der Waals surface area (Å²) < 4.78 is 0. The van der Waals surface area contributed by atoms with E-state index in [1.165, 1.54) is 5.56 Å². The van der Waals surface area contributed by atoms with Crippen molar-refractivity contribution in [1.82, 2.24) is 5.32 Å². The average Bonchev–Trinajstić information content (AvgIpc) is 2.42. The average molecular weight is 312 g/mol. The van der Waals surface area contributed by atoms with Gasteiger partial charge in [-0.1, -0.05) is 29.3 Å². The molecular weight excluding hydrogens is 292 g/mol. The zero-order valence-electron chi connectivity index (χ0n) is 13.3. The van der Waals surface area contributed by atoms with Crippen LogP contribution >= 0.6 is 12.2 Å². The smallest absolute Gasteiger partial charge is 0.257 e. The van der Waals surface area contributed by atoms with Crippen LogP contribution in [0.2, 0.25) is 0 Å². The van der Waals surface area contributed by atoms with Crippen LogP contribution in [0.25, 0.3) is 0 Å². The minimum Gasteiger partial charge on any atom is -0.332 e. The number of carbonyl (C=O) groups excluding carboxylic acids is 1. The molecule has 0 bridgehead atoms. The zero-order valence-corrected chi connectivity index (χ0v) is 14.1. The monoisotopic (exact) mass is 312 g/mol. The maximum atomic E-state index is 12.3. The third-order valence-electron chi connectivity index (χ3n) is 3.56. The summed E-state index contributed by atoms with van der Waals surface area (Å²) in [5, 5.41) is 6.11. The van der Waals surface area contributed by atoms with E-state index < -0.39 is 0 Å². The standard InChI is InChI=1S/C18H20N2OS/c1-11-8-12(2)10-15(9-11)17(21)20-18(22)19-16-7-5-6-13(3)14(16)4/h5-10H,1-4H3,(H2,19,20,21,22). The Kier molecular flexibility index (Phi) is 4.93. The molecule has 0 aliphatic carbocycles. The van der Waals surface area contributed by atoms with E-state index in [1.54, 1.807) is 0 Å². The second-order valence-electron chi connectivity index (χ2n) is 5.53. The van der Waals surface area contributed by atoms with Crippen molar-refractivity contribution in [2.75, 3.05) is 5.32 Å². The molecule has 0 saturated heterocycles. The van der Waals surface area contributed by atoms with Crippen molar-refractivity contribution < 1.29 is 4.79 Å². The van der Waals surface area contributed by atoms with E-state index in [1.807, 2.05) is 64.1 Å². The number of nitrogens with one attached hydrogen (secondary N) is 2. The maximum absolute atomic E-state index is 12.3. The lowest BCUT2D eigenvalue weighted by molar-refractivity contribution is 0.0977. The lowest BCUT2D eigenvalue weighted by Gasteiger charge is -2.13. The van der Waals surface area contributed by atoms with Gasteiger partial charge in [-0.2, -0.15) is 0 Å². The Morgan fingerprint density at radius 1 is 1.00 bits per heavy atom. The molecule has 0 unspecified atom stereocenters. The molecule has 3 nitrogen and oxygen atoms in total. The number of amides is 1. The summed E-state index contributed by atoms with van der Waals surface area (Å²) >= 11 is 5.24. The fourth-order valence-electron chi connectivity index (χ4n) is 2.32. The van der Waals surface area contributed by atoms with Gasteiger partial charge in [-0.15, -0.1) is 0 Å². The third kappa shape index (κ3) is 3.92. The molecule has 0 heterocycles. The summed E-state index contributed by atoms with van der Waals surface area (Å²) in [4.78, 5) is 12.3. The van der Waals surface area contributed by atoms with Crippen LogP contribution in [0, 0.1) is 27.7 Å². The fraction of sp³-hybridized carbons (Fsp3) is 0.222. The largest absolute Gasteiger partial charge is 0.332 e. The van der Waals surface area contributed by atoms with Crippen molar-refractivity contribution in [2.24, 2.45) is 0 Å². The number of anilines is 1. The number of hydrogen-bond acceptors (Lipinski definition) is 2. The molecule has 22 heavy (non-hydrogen) atoms. The van der Waals surface area contributed by atoms with E-state index in [2.05, 4.69) is 10.6 Å². The number of aryl methyl sites for hydroxylation is 3. The molecule has 114 valence electrons. The van der Waals surface area contributed by atoms with E-state index in [0.717, 1.165) is 22.4 Å². The van der Waals surface area contributed by atoms with Crippen LogP contribution in [-0.2, 0) is 0 Å².